The van der Waals surface area contributed by atoms with Gasteiger partial charge in [0, 0.05) is 4.47 Å². The van der Waals surface area contributed by atoms with Crippen molar-refractivity contribution >= 4 is 45.1 Å². The Kier molecular flexibility index (Phi) is 9.07. The number of carbonyl (C=O) groups is 2. The highest BCUT2D eigenvalue weighted by atomic mass is 79.9. The lowest BCUT2D eigenvalue weighted by atomic mass is 10.2. The van der Waals surface area contributed by atoms with Crippen LogP contribution in [-0.4, -0.2) is 29.6 Å². The van der Waals surface area contributed by atoms with E-state index in [0.717, 1.165) is 10.9 Å². The van der Waals surface area contributed by atoms with E-state index in [4.69, 9.17) is 21.7 Å². The van der Waals surface area contributed by atoms with Crippen LogP contribution >= 0.6 is 28.1 Å². The fourth-order valence-corrected chi connectivity index (χ4v) is 2.92. The van der Waals surface area contributed by atoms with Gasteiger partial charge < -0.3 is 9.47 Å². The monoisotopic (exact) mass is 493 g/mol. The Bertz CT molecular complexity index is 921. The Balaban J connectivity index is 1.99. The summed E-state index contributed by atoms with van der Waals surface area (Å²) in [6.45, 7) is 6.22. The summed E-state index contributed by atoms with van der Waals surface area (Å²) < 4.78 is 12.0. The topological polar surface area (TPSA) is 88.7 Å². The van der Waals surface area contributed by atoms with E-state index in [0.29, 0.717) is 29.2 Å². The normalized spacial score (nSPS) is 10.3. The van der Waals surface area contributed by atoms with Crippen molar-refractivity contribution in [2.24, 2.45) is 0 Å². The van der Waals surface area contributed by atoms with Gasteiger partial charge in [-0.3, -0.25) is 25.8 Å². The first kappa shape index (κ1) is 23.6. The lowest BCUT2D eigenvalue weighted by Gasteiger charge is -2.16. The minimum Gasteiger partial charge on any atom is -0.493 e. The van der Waals surface area contributed by atoms with Crippen LogP contribution < -0.4 is 25.6 Å². The van der Waals surface area contributed by atoms with E-state index >= 15 is 0 Å². The van der Waals surface area contributed by atoms with Crippen molar-refractivity contribution in [1.82, 2.24) is 16.2 Å². The molecule has 160 valence electrons. The Morgan fingerprint density at radius 1 is 1.03 bits per heavy atom. The highest BCUT2D eigenvalue weighted by molar-refractivity contribution is 9.10. The number of rotatable bonds is 7. The molecule has 0 bridgehead atoms. The highest BCUT2D eigenvalue weighted by Crippen LogP contribution is 2.24. The van der Waals surface area contributed by atoms with E-state index in [-0.39, 0.29) is 11.2 Å². The summed E-state index contributed by atoms with van der Waals surface area (Å²) in [4.78, 5) is 25.1. The summed E-state index contributed by atoms with van der Waals surface area (Å²) in [5.41, 5.74) is 5.66. The zero-order valence-corrected chi connectivity index (χ0v) is 19.4. The molecule has 0 saturated heterocycles. The molecule has 0 heterocycles. The summed E-state index contributed by atoms with van der Waals surface area (Å²) in [5.74, 6) is -0.00674. The molecular formula is C21H24BrN3O4S. The second-order valence-corrected chi connectivity index (χ2v) is 7.84. The maximum absolute atomic E-state index is 12.6. The molecular weight excluding hydrogens is 470 g/mol. The summed E-state index contributed by atoms with van der Waals surface area (Å²) >= 11 is 8.47. The van der Waals surface area contributed by atoms with E-state index in [1.165, 1.54) is 0 Å². The number of hydrogen-bond acceptors (Lipinski definition) is 5. The largest absolute Gasteiger partial charge is 0.493 e. The molecule has 3 N–H and O–H groups in total. The number of halogens is 1. The first-order valence-electron chi connectivity index (χ1n) is 9.41. The molecule has 0 aliphatic carbocycles. The van der Waals surface area contributed by atoms with E-state index in [1.807, 2.05) is 20.8 Å². The van der Waals surface area contributed by atoms with E-state index in [2.05, 4.69) is 32.1 Å². The van der Waals surface area contributed by atoms with Gasteiger partial charge in [-0.15, -0.1) is 0 Å². The molecule has 0 atom stereocenters. The fourth-order valence-electron chi connectivity index (χ4n) is 2.41. The van der Waals surface area contributed by atoms with Crippen LogP contribution in [0.2, 0.25) is 0 Å². The van der Waals surface area contributed by atoms with E-state index < -0.39 is 11.8 Å². The number of nitrogens with one attached hydrogen (secondary N) is 3. The van der Waals surface area contributed by atoms with Gasteiger partial charge in [-0.2, -0.15) is 0 Å². The summed E-state index contributed by atoms with van der Waals surface area (Å²) in [6.07, 6.45) is 0.722. The average Bonchev–Trinajstić information content (AvgIpc) is 2.71. The Labute approximate surface area is 189 Å². The minimum absolute atomic E-state index is 0.0595. The van der Waals surface area contributed by atoms with Crippen LogP contribution in [-0.2, 0) is 0 Å². The maximum atomic E-state index is 12.6. The van der Waals surface area contributed by atoms with Gasteiger partial charge in [0.1, 0.15) is 11.5 Å². The second-order valence-electron chi connectivity index (χ2n) is 6.51. The van der Waals surface area contributed by atoms with Crippen LogP contribution in [0.25, 0.3) is 0 Å². The van der Waals surface area contributed by atoms with Crippen molar-refractivity contribution in [1.29, 1.82) is 0 Å². The summed E-state index contributed by atoms with van der Waals surface area (Å²) in [7, 11) is 0. The number of ether oxygens (including phenoxy) is 2. The van der Waals surface area contributed by atoms with Gasteiger partial charge in [0.2, 0.25) is 0 Å². The number of hydrogen-bond donors (Lipinski definition) is 3. The lowest BCUT2D eigenvalue weighted by molar-refractivity contribution is 0.0929. The number of amides is 2. The van der Waals surface area contributed by atoms with Crippen molar-refractivity contribution in [3.8, 4) is 11.5 Å². The van der Waals surface area contributed by atoms with Crippen molar-refractivity contribution in [2.75, 3.05) is 6.61 Å². The van der Waals surface area contributed by atoms with Gasteiger partial charge in [0.25, 0.3) is 11.8 Å². The maximum Gasteiger partial charge on any atom is 0.273 e. The SMILES string of the molecule is CCCOc1ccccc1C(=O)NNC(=S)NC(=O)c1cc(Br)ccc1OC(C)C. The zero-order valence-electron chi connectivity index (χ0n) is 17.0. The third kappa shape index (κ3) is 7.00. The molecule has 0 spiro atoms. The average molecular weight is 494 g/mol. The Hall–Kier alpha value is -2.65. The predicted molar refractivity (Wildman–Crippen MR) is 123 cm³/mol. The molecule has 9 heteroatoms. The minimum atomic E-state index is -0.467. The van der Waals surface area contributed by atoms with Crippen LogP contribution in [0.15, 0.2) is 46.9 Å². The van der Waals surface area contributed by atoms with Crippen LogP contribution in [0.5, 0.6) is 11.5 Å². The van der Waals surface area contributed by atoms with Gasteiger partial charge in [0.15, 0.2) is 5.11 Å². The van der Waals surface area contributed by atoms with Gasteiger partial charge in [0.05, 0.1) is 23.8 Å². The van der Waals surface area contributed by atoms with Gasteiger partial charge >= 0.3 is 0 Å². The van der Waals surface area contributed by atoms with Gasteiger partial charge in [-0.05, 0) is 62.8 Å². The zero-order chi connectivity index (χ0) is 22.1. The van der Waals surface area contributed by atoms with Crippen molar-refractivity contribution in [3.63, 3.8) is 0 Å². The molecule has 0 aliphatic rings. The Morgan fingerprint density at radius 2 is 1.77 bits per heavy atom. The van der Waals surface area contributed by atoms with Crippen molar-refractivity contribution in [3.05, 3.63) is 58.1 Å². The first-order valence-corrected chi connectivity index (χ1v) is 10.6. The fraction of sp³-hybridized carbons (Fsp3) is 0.286. The molecule has 30 heavy (non-hydrogen) atoms. The molecule has 0 radical (unpaired) electrons. The number of para-hydroxylation sites is 1. The first-order chi connectivity index (χ1) is 14.3. The van der Waals surface area contributed by atoms with Crippen LogP contribution in [0.1, 0.15) is 47.9 Å². The van der Waals surface area contributed by atoms with Gasteiger partial charge in [-0.25, -0.2) is 0 Å². The summed E-state index contributed by atoms with van der Waals surface area (Å²) in [5, 5.41) is 2.47. The molecule has 2 rings (SSSR count). The van der Waals surface area contributed by atoms with Crippen molar-refractivity contribution < 1.29 is 19.1 Å². The molecule has 0 aliphatic heterocycles. The predicted octanol–water partition coefficient (Wildman–Crippen LogP) is 3.97. The lowest BCUT2D eigenvalue weighted by Crippen LogP contribution is -2.48. The molecule has 7 nitrogen and oxygen atoms in total. The molecule has 0 saturated carbocycles. The number of carbonyl (C=O) groups excluding carboxylic acids is 2. The summed E-state index contributed by atoms with van der Waals surface area (Å²) in [6, 6.07) is 12.0. The number of hydrazine groups is 1. The molecule has 0 unspecified atom stereocenters. The number of thiocarbonyl (C=S) groups is 1. The second kappa shape index (κ2) is 11.5. The van der Waals surface area contributed by atoms with Crippen LogP contribution in [0.3, 0.4) is 0 Å². The molecule has 2 aromatic rings. The molecule has 2 aromatic carbocycles. The molecule has 2 amide bonds. The van der Waals surface area contributed by atoms with Crippen LogP contribution in [0.4, 0.5) is 0 Å². The van der Waals surface area contributed by atoms with Gasteiger partial charge in [-0.1, -0.05) is 35.0 Å². The number of benzene rings is 2. The highest BCUT2D eigenvalue weighted by Gasteiger charge is 2.17. The van der Waals surface area contributed by atoms with Crippen LogP contribution in [0, 0.1) is 0 Å². The Morgan fingerprint density at radius 3 is 2.47 bits per heavy atom. The quantitative estimate of drug-likeness (QED) is 0.399. The third-order valence-electron chi connectivity index (χ3n) is 3.66. The van der Waals surface area contributed by atoms with E-state index in [9.17, 15) is 9.59 Å². The standard InChI is InChI=1S/C21H24BrN3O4S/c1-4-11-28-17-8-6-5-7-15(17)20(27)24-25-21(30)23-19(26)16-12-14(22)9-10-18(16)29-13(2)3/h5-10,12-13H,4,11H2,1-3H3,(H,24,27)(H2,23,25,26,30). The van der Waals surface area contributed by atoms with Crippen molar-refractivity contribution in [2.45, 2.75) is 33.3 Å². The third-order valence-corrected chi connectivity index (χ3v) is 4.36. The smallest absolute Gasteiger partial charge is 0.273 e. The molecule has 0 aromatic heterocycles. The van der Waals surface area contributed by atoms with E-state index in [1.54, 1.807) is 42.5 Å². The molecule has 0 fully saturated rings.